The number of rotatable bonds is 5. The minimum absolute atomic E-state index is 0.00155. The van der Waals surface area contributed by atoms with Crippen molar-refractivity contribution in [3.63, 3.8) is 0 Å². The summed E-state index contributed by atoms with van der Waals surface area (Å²) < 4.78 is 0. The van der Waals surface area contributed by atoms with Crippen LogP contribution in [0.1, 0.15) is 37.8 Å². The number of nitrogens with zero attached hydrogens (tertiary/aromatic N) is 1. The van der Waals surface area contributed by atoms with Crippen molar-refractivity contribution in [3.8, 4) is 0 Å². The lowest BCUT2D eigenvalue weighted by Gasteiger charge is -2.31. The first-order chi connectivity index (χ1) is 9.93. The molecule has 1 amide bonds. The topological polar surface area (TPSA) is 58.4 Å². The lowest BCUT2D eigenvalue weighted by atomic mass is 9.83. The highest BCUT2D eigenvalue weighted by atomic mass is 16.2. The average molecular weight is 289 g/mol. The molecule has 0 aliphatic heterocycles. The minimum Gasteiger partial charge on any atom is -0.347 e. The lowest BCUT2D eigenvalue weighted by Crippen LogP contribution is -2.49. The Morgan fingerprint density at radius 3 is 2.62 bits per heavy atom. The highest BCUT2D eigenvalue weighted by Gasteiger charge is 2.43. The zero-order chi connectivity index (χ0) is 15.5. The number of nitrogens with two attached hydrogens (primary N) is 1. The average Bonchev–Trinajstić information content (AvgIpc) is 2.80. The Kier molecular flexibility index (Phi) is 5.01. The Labute approximate surface area is 127 Å². The molecule has 3 unspecified atom stereocenters. The molecule has 21 heavy (non-hydrogen) atoms. The Morgan fingerprint density at radius 1 is 1.43 bits per heavy atom. The minimum atomic E-state index is -0.431. The van der Waals surface area contributed by atoms with Crippen molar-refractivity contribution in [2.75, 3.05) is 20.6 Å². The normalized spacial score (nSPS) is 26.8. The van der Waals surface area contributed by atoms with Crippen molar-refractivity contribution in [1.82, 2.24) is 10.2 Å². The second kappa shape index (κ2) is 6.58. The van der Waals surface area contributed by atoms with E-state index in [4.69, 9.17) is 5.73 Å². The summed E-state index contributed by atoms with van der Waals surface area (Å²) in [6, 6.07) is 10.1. The van der Waals surface area contributed by atoms with Crippen LogP contribution in [0.25, 0.3) is 0 Å². The molecule has 4 heteroatoms. The van der Waals surface area contributed by atoms with Crippen LogP contribution in [0, 0.1) is 5.41 Å². The Balaban J connectivity index is 2.14. The molecule has 0 spiro atoms. The van der Waals surface area contributed by atoms with Crippen LogP contribution in [0.2, 0.25) is 0 Å². The third kappa shape index (κ3) is 3.63. The standard InChI is InChI=1S/C17H27N3O/c1-17(11-7-10-15(17)18)16(21)19-14(12-20(2)3)13-8-5-4-6-9-13/h4-6,8-9,14-15H,7,10-12,18H2,1-3H3,(H,19,21). The second-order valence-electron chi connectivity index (χ2n) is 6.62. The first-order valence-electron chi connectivity index (χ1n) is 7.69. The lowest BCUT2D eigenvalue weighted by molar-refractivity contribution is -0.131. The van der Waals surface area contributed by atoms with Crippen LogP contribution in [-0.2, 0) is 4.79 Å². The van der Waals surface area contributed by atoms with Gasteiger partial charge in [0.2, 0.25) is 5.91 Å². The van der Waals surface area contributed by atoms with E-state index in [9.17, 15) is 4.79 Å². The molecule has 1 aromatic carbocycles. The van der Waals surface area contributed by atoms with Gasteiger partial charge in [0.05, 0.1) is 11.5 Å². The highest BCUT2D eigenvalue weighted by Crippen LogP contribution is 2.37. The molecule has 3 N–H and O–H groups in total. The Hall–Kier alpha value is -1.39. The van der Waals surface area contributed by atoms with Crippen molar-refractivity contribution in [2.45, 2.75) is 38.3 Å². The smallest absolute Gasteiger partial charge is 0.228 e. The van der Waals surface area contributed by atoms with Crippen LogP contribution in [0.5, 0.6) is 0 Å². The van der Waals surface area contributed by atoms with Gasteiger partial charge in [0.1, 0.15) is 0 Å². The van der Waals surface area contributed by atoms with Crippen LogP contribution in [0.15, 0.2) is 30.3 Å². The molecular weight excluding hydrogens is 262 g/mol. The predicted octanol–water partition coefficient (Wildman–Crippen LogP) is 1.92. The van der Waals surface area contributed by atoms with E-state index in [-0.39, 0.29) is 18.0 Å². The number of nitrogens with one attached hydrogen (secondary N) is 1. The van der Waals surface area contributed by atoms with Gasteiger partial charge in [-0.3, -0.25) is 4.79 Å². The summed E-state index contributed by atoms with van der Waals surface area (Å²) >= 11 is 0. The highest BCUT2D eigenvalue weighted by molar-refractivity contribution is 5.83. The van der Waals surface area contributed by atoms with Gasteiger partial charge < -0.3 is 16.0 Å². The molecule has 0 aromatic heterocycles. The number of carbonyl (C=O) groups excluding carboxylic acids is 1. The molecule has 0 heterocycles. The molecule has 0 saturated heterocycles. The van der Waals surface area contributed by atoms with Crippen LogP contribution in [0.4, 0.5) is 0 Å². The first kappa shape index (κ1) is 16.0. The number of benzene rings is 1. The molecule has 3 atom stereocenters. The van der Waals surface area contributed by atoms with Gasteiger partial charge in [-0.15, -0.1) is 0 Å². The van der Waals surface area contributed by atoms with E-state index in [0.717, 1.165) is 31.4 Å². The summed E-state index contributed by atoms with van der Waals surface area (Å²) in [7, 11) is 4.04. The zero-order valence-corrected chi connectivity index (χ0v) is 13.3. The van der Waals surface area contributed by atoms with E-state index in [0.29, 0.717) is 0 Å². The fourth-order valence-corrected chi connectivity index (χ4v) is 3.08. The number of hydrogen-bond acceptors (Lipinski definition) is 3. The SMILES string of the molecule is CN(C)CC(NC(=O)C1(C)CCCC1N)c1ccccc1. The van der Waals surface area contributed by atoms with Crippen LogP contribution < -0.4 is 11.1 Å². The largest absolute Gasteiger partial charge is 0.347 e. The van der Waals surface area contributed by atoms with Crippen molar-refractivity contribution in [1.29, 1.82) is 0 Å². The molecule has 1 fully saturated rings. The molecule has 1 saturated carbocycles. The Morgan fingerprint density at radius 2 is 2.10 bits per heavy atom. The Bertz CT molecular complexity index is 474. The molecule has 2 rings (SSSR count). The summed E-state index contributed by atoms with van der Waals surface area (Å²) in [5, 5.41) is 3.22. The van der Waals surface area contributed by atoms with Crippen LogP contribution in [-0.4, -0.2) is 37.5 Å². The summed E-state index contributed by atoms with van der Waals surface area (Å²) in [6.07, 6.45) is 2.85. The van der Waals surface area contributed by atoms with Crippen LogP contribution in [0.3, 0.4) is 0 Å². The molecule has 116 valence electrons. The fourth-order valence-electron chi connectivity index (χ4n) is 3.08. The molecule has 0 bridgehead atoms. The third-order valence-corrected chi connectivity index (χ3v) is 4.60. The van der Waals surface area contributed by atoms with Crippen molar-refractivity contribution in [3.05, 3.63) is 35.9 Å². The van der Waals surface area contributed by atoms with E-state index >= 15 is 0 Å². The number of carbonyl (C=O) groups is 1. The first-order valence-corrected chi connectivity index (χ1v) is 7.69. The number of hydrogen-bond donors (Lipinski definition) is 2. The molecule has 4 nitrogen and oxygen atoms in total. The quantitative estimate of drug-likeness (QED) is 0.870. The monoisotopic (exact) mass is 289 g/mol. The maximum atomic E-state index is 12.7. The summed E-state index contributed by atoms with van der Waals surface area (Å²) in [5.74, 6) is 0.0863. The van der Waals surface area contributed by atoms with Gasteiger partial charge in [-0.2, -0.15) is 0 Å². The van der Waals surface area contributed by atoms with Crippen molar-refractivity contribution in [2.24, 2.45) is 11.1 Å². The number of likely N-dealkylation sites (N-methyl/N-ethyl adjacent to an activating group) is 1. The van der Waals surface area contributed by atoms with Crippen molar-refractivity contribution >= 4 is 5.91 Å². The van der Waals surface area contributed by atoms with Gasteiger partial charge in [-0.05, 0) is 39.4 Å². The summed E-state index contributed by atoms with van der Waals surface area (Å²) in [4.78, 5) is 14.8. The summed E-state index contributed by atoms with van der Waals surface area (Å²) in [6.45, 7) is 2.78. The van der Waals surface area contributed by atoms with E-state index in [1.54, 1.807) is 0 Å². The van der Waals surface area contributed by atoms with Gasteiger partial charge in [-0.1, -0.05) is 36.8 Å². The van der Waals surface area contributed by atoms with E-state index < -0.39 is 5.41 Å². The molecule has 1 aromatic rings. The van der Waals surface area contributed by atoms with Gasteiger partial charge >= 0.3 is 0 Å². The van der Waals surface area contributed by atoms with Gasteiger partial charge in [0.25, 0.3) is 0 Å². The fraction of sp³-hybridized carbons (Fsp3) is 0.588. The molecule has 0 radical (unpaired) electrons. The van der Waals surface area contributed by atoms with E-state index in [1.165, 1.54) is 0 Å². The predicted molar refractivity (Wildman–Crippen MR) is 85.8 cm³/mol. The summed E-state index contributed by atoms with van der Waals surface area (Å²) in [5.41, 5.74) is 6.86. The van der Waals surface area contributed by atoms with E-state index in [2.05, 4.69) is 22.3 Å². The zero-order valence-electron chi connectivity index (χ0n) is 13.3. The van der Waals surface area contributed by atoms with Crippen LogP contribution >= 0.6 is 0 Å². The molecular formula is C17H27N3O. The number of amides is 1. The van der Waals surface area contributed by atoms with Gasteiger partial charge in [0.15, 0.2) is 0 Å². The molecule has 1 aliphatic rings. The van der Waals surface area contributed by atoms with E-state index in [1.807, 2.05) is 39.2 Å². The second-order valence-corrected chi connectivity index (χ2v) is 6.62. The van der Waals surface area contributed by atoms with Crippen molar-refractivity contribution < 1.29 is 4.79 Å². The molecule has 1 aliphatic carbocycles. The third-order valence-electron chi connectivity index (χ3n) is 4.60. The maximum absolute atomic E-state index is 12.7. The van der Waals surface area contributed by atoms with Gasteiger partial charge in [-0.25, -0.2) is 0 Å². The maximum Gasteiger partial charge on any atom is 0.228 e. The van der Waals surface area contributed by atoms with Gasteiger partial charge in [0, 0.05) is 12.6 Å².